The lowest BCUT2D eigenvalue weighted by Gasteiger charge is -2.12. The predicted octanol–water partition coefficient (Wildman–Crippen LogP) is 3.55. The number of hydrogen-bond acceptors (Lipinski definition) is 6. The first-order valence-corrected chi connectivity index (χ1v) is 8.42. The van der Waals surface area contributed by atoms with Gasteiger partial charge in [-0.1, -0.05) is 12.1 Å². The monoisotopic (exact) mass is 387 g/mol. The van der Waals surface area contributed by atoms with Crippen molar-refractivity contribution in [3.05, 3.63) is 48.5 Å². The number of nitrogens with one attached hydrogen (secondary N) is 3. The molecule has 0 radical (unpaired) electrons. The van der Waals surface area contributed by atoms with Gasteiger partial charge in [0, 0.05) is 36.8 Å². The number of aliphatic hydroxyl groups excluding tert-OH is 1. The molecule has 0 unspecified atom stereocenters. The molecule has 0 fully saturated rings. The number of hydrogen-bond donors (Lipinski definition) is 4. The molecule has 142 valence electrons. The quantitative estimate of drug-likeness (QED) is 0.463. The van der Waals surface area contributed by atoms with Crippen LogP contribution in [0.25, 0.3) is 10.9 Å². The van der Waals surface area contributed by atoms with Crippen LogP contribution in [0.3, 0.4) is 0 Å². The van der Waals surface area contributed by atoms with Crippen LogP contribution in [0.1, 0.15) is 13.3 Å². The maximum absolute atomic E-state index is 11.1. The number of carbonyl (C=O) groups is 1. The van der Waals surface area contributed by atoms with Crippen molar-refractivity contribution in [2.75, 3.05) is 29.1 Å². The van der Waals surface area contributed by atoms with E-state index in [0.717, 1.165) is 28.1 Å². The summed E-state index contributed by atoms with van der Waals surface area (Å²) >= 11 is 0. The fraction of sp³-hybridized carbons (Fsp3) is 0.211. The van der Waals surface area contributed by atoms with Crippen LogP contribution in [-0.2, 0) is 4.79 Å². The summed E-state index contributed by atoms with van der Waals surface area (Å²) in [7, 11) is 0. The maximum Gasteiger partial charge on any atom is 0.229 e. The zero-order valence-corrected chi connectivity index (χ0v) is 15.7. The molecule has 8 heteroatoms. The number of para-hydroxylation sites is 1. The molecule has 1 amide bonds. The van der Waals surface area contributed by atoms with E-state index < -0.39 is 0 Å². The number of aromatic nitrogens is 2. The van der Waals surface area contributed by atoms with Crippen molar-refractivity contribution in [3.63, 3.8) is 0 Å². The second-order valence-electron chi connectivity index (χ2n) is 5.80. The van der Waals surface area contributed by atoms with Crippen LogP contribution in [0.5, 0.6) is 0 Å². The molecular weight excluding hydrogens is 366 g/mol. The highest BCUT2D eigenvalue weighted by Gasteiger charge is 2.07. The average Bonchev–Trinajstić information content (AvgIpc) is 2.63. The summed E-state index contributed by atoms with van der Waals surface area (Å²) in [5.41, 5.74) is 2.37. The van der Waals surface area contributed by atoms with Gasteiger partial charge in [-0.15, -0.1) is 12.4 Å². The number of anilines is 4. The summed E-state index contributed by atoms with van der Waals surface area (Å²) in [4.78, 5) is 20.2. The molecule has 27 heavy (non-hydrogen) atoms. The van der Waals surface area contributed by atoms with Gasteiger partial charge in [0.05, 0.1) is 5.52 Å². The van der Waals surface area contributed by atoms with Crippen LogP contribution < -0.4 is 16.0 Å². The second kappa shape index (κ2) is 9.70. The summed E-state index contributed by atoms with van der Waals surface area (Å²) in [5.74, 6) is 1.09. The standard InChI is InChI=1S/C19H21N5O2.ClH/c1-13(26)21-14-7-9-15(10-8-14)22-19-23-17-6-3-2-5-16(17)18(24-19)20-11-4-12-25;/h2-3,5-10,25H,4,11-12H2,1H3,(H,21,26)(H2,20,22,23,24);1H. The first kappa shape index (κ1) is 20.4. The molecule has 1 aromatic heterocycles. The van der Waals surface area contributed by atoms with Gasteiger partial charge >= 0.3 is 0 Å². The Morgan fingerprint density at radius 2 is 1.74 bits per heavy atom. The Balaban J connectivity index is 0.00000261. The molecular formula is C19H22ClN5O2. The van der Waals surface area contributed by atoms with Gasteiger partial charge in [-0.2, -0.15) is 4.98 Å². The number of aliphatic hydroxyl groups is 1. The van der Waals surface area contributed by atoms with Gasteiger partial charge in [0.15, 0.2) is 0 Å². The lowest BCUT2D eigenvalue weighted by atomic mass is 10.2. The van der Waals surface area contributed by atoms with Crippen molar-refractivity contribution in [3.8, 4) is 0 Å². The molecule has 3 aromatic rings. The third-order valence-electron chi connectivity index (χ3n) is 3.69. The Morgan fingerprint density at radius 1 is 1.04 bits per heavy atom. The van der Waals surface area contributed by atoms with Crippen molar-refractivity contribution in [2.24, 2.45) is 0 Å². The van der Waals surface area contributed by atoms with Crippen LogP contribution >= 0.6 is 12.4 Å². The summed E-state index contributed by atoms with van der Waals surface area (Å²) in [6.45, 7) is 2.23. The fourth-order valence-electron chi connectivity index (χ4n) is 2.52. The largest absolute Gasteiger partial charge is 0.396 e. The molecule has 0 spiro atoms. The zero-order chi connectivity index (χ0) is 18.4. The van der Waals surface area contributed by atoms with Gasteiger partial charge in [0.2, 0.25) is 11.9 Å². The number of fused-ring (bicyclic) bond motifs is 1. The summed E-state index contributed by atoms with van der Waals surface area (Å²) in [6.07, 6.45) is 0.645. The van der Waals surface area contributed by atoms with E-state index in [-0.39, 0.29) is 24.9 Å². The highest BCUT2D eigenvalue weighted by atomic mass is 35.5. The molecule has 0 bridgehead atoms. The van der Waals surface area contributed by atoms with Crippen LogP contribution in [0.2, 0.25) is 0 Å². The minimum absolute atomic E-state index is 0. The molecule has 0 saturated heterocycles. The van der Waals surface area contributed by atoms with E-state index >= 15 is 0 Å². The number of amides is 1. The normalized spacial score (nSPS) is 10.1. The lowest BCUT2D eigenvalue weighted by molar-refractivity contribution is -0.114. The molecule has 3 rings (SSSR count). The van der Waals surface area contributed by atoms with Crippen molar-refractivity contribution in [1.29, 1.82) is 0 Å². The van der Waals surface area contributed by atoms with Gasteiger partial charge in [-0.25, -0.2) is 4.98 Å². The van der Waals surface area contributed by atoms with E-state index in [1.165, 1.54) is 6.92 Å². The molecule has 7 nitrogen and oxygen atoms in total. The molecule has 0 atom stereocenters. The Hall–Kier alpha value is -2.90. The third kappa shape index (κ3) is 5.54. The molecule has 0 aliphatic carbocycles. The fourth-order valence-corrected chi connectivity index (χ4v) is 2.52. The number of rotatable bonds is 7. The number of carbonyl (C=O) groups excluding carboxylic acids is 1. The van der Waals surface area contributed by atoms with Crippen molar-refractivity contribution in [2.45, 2.75) is 13.3 Å². The zero-order valence-electron chi connectivity index (χ0n) is 14.9. The minimum Gasteiger partial charge on any atom is -0.396 e. The average molecular weight is 388 g/mol. The lowest BCUT2D eigenvalue weighted by Crippen LogP contribution is -2.08. The van der Waals surface area contributed by atoms with E-state index in [1.807, 2.05) is 48.5 Å². The summed E-state index contributed by atoms with van der Waals surface area (Å²) in [6, 6.07) is 15.1. The molecule has 0 saturated carbocycles. The third-order valence-corrected chi connectivity index (χ3v) is 3.69. The summed E-state index contributed by atoms with van der Waals surface area (Å²) in [5, 5.41) is 19.1. The number of benzene rings is 2. The van der Waals surface area contributed by atoms with Gasteiger partial charge in [-0.3, -0.25) is 4.79 Å². The van der Waals surface area contributed by atoms with E-state index in [4.69, 9.17) is 5.11 Å². The van der Waals surface area contributed by atoms with E-state index in [2.05, 4.69) is 25.9 Å². The SMILES string of the molecule is CC(=O)Nc1ccc(Nc2nc(NCCCO)c3ccccc3n2)cc1.Cl. The molecule has 0 aliphatic rings. The molecule has 4 N–H and O–H groups in total. The Labute approximate surface area is 163 Å². The van der Waals surface area contributed by atoms with E-state index in [9.17, 15) is 4.79 Å². The van der Waals surface area contributed by atoms with Gasteiger partial charge in [-0.05, 0) is 42.8 Å². The Bertz CT molecular complexity index is 902. The first-order chi connectivity index (χ1) is 12.7. The smallest absolute Gasteiger partial charge is 0.229 e. The van der Waals surface area contributed by atoms with Crippen LogP contribution in [-0.4, -0.2) is 34.1 Å². The van der Waals surface area contributed by atoms with Crippen LogP contribution in [0.4, 0.5) is 23.1 Å². The number of nitrogens with zero attached hydrogens (tertiary/aromatic N) is 2. The van der Waals surface area contributed by atoms with Gasteiger partial charge in [0.25, 0.3) is 0 Å². The molecule has 0 aliphatic heterocycles. The van der Waals surface area contributed by atoms with Crippen LogP contribution in [0.15, 0.2) is 48.5 Å². The van der Waals surface area contributed by atoms with Crippen molar-refractivity contribution >= 4 is 52.4 Å². The number of halogens is 1. The van der Waals surface area contributed by atoms with Crippen LogP contribution in [0, 0.1) is 0 Å². The van der Waals surface area contributed by atoms with Gasteiger partial charge < -0.3 is 21.1 Å². The van der Waals surface area contributed by atoms with E-state index in [1.54, 1.807) is 0 Å². The second-order valence-corrected chi connectivity index (χ2v) is 5.80. The van der Waals surface area contributed by atoms with Crippen molar-refractivity contribution < 1.29 is 9.90 Å². The maximum atomic E-state index is 11.1. The van der Waals surface area contributed by atoms with Crippen molar-refractivity contribution in [1.82, 2.24) is 9.97 Å². The molecule has 2 aromatic carbocycles. The topological polar surface area (TPSA) is 99.2 Å². The summed E-state index contributed by atoms with van der Waals surface area (Å²) < 4.78 is 0. The van der Waals surface area contributed by atoms with E-state index in [0.29, 0.717) is 18.9 Å². The molecule has 1 heterocycles. The predicted molar refractivity (Wildman–Crippen MR) is 111 cm³/mol. The first-order valence-electron chi connectivity index (χ1n) is 8.42. The van der Waals surface area contributed by atoms with Gasteiger partial charge in [0.1, 0.15) is 5.82 Å². The Kier molecular flexibility index (Phi) is 7.34. The highest BCUT2D eigenvalue weighted by molar-refractivity contribution is 5.90. The Morgan fingerprint density at radius 3 is 2.44 bits per heavy atom. The minimum atomic E-state index is -0.109. The highest BCUT2D eigenvalue weighted by Crippen LogP contribution is 2.24.